The Kier molecular flexibility index (Phi) is 4.49. The predicted molar refractivity (Wildman–Crippen MR) is 75.1 cm³/mol. The quantitative estimate of drug-likeness (QED) is 0.925. The summed E-state index contributed by atoms with van der Waals surface area (Å²) in [7, 11) is 3.12. The molecule has 1 aliphatic rings. The summed E-state index contributed by atoms with van der Waals surface area (Å²) < 4.78 is 38.9. The van der Waals surface area contributed by atoms with Gasteiger partial charge in [0.1, 0.15) is 6.04 Å². The fraction of sp³-hybridized carbons (Fsp3) is 0.533. The maximum atomic E-state index is 13.0. The summed E-state index contributed by atoms with van der Waals surface area (Å²) in [5.41, 5.74) is -2.14. The van der Waals surface area contributed by atoms with Gasteiger partial charge in [-0.15, -0.1) is 0 Å². The van der Waals surface area contributed by atoms with Crippen LogP contribution in [0.25, 0.3) is 0 Å². The van der Waals surface area contributed by atoms with E-state index in [4.69, 9.17) is 0 Å². The van der Waals surface area contributed by atoms with Crippen LogP contribution >= 0.6 is 0 Å². The number of carbonyl (C=O) groups is 1. The standard InChI is InChI=1S/C15H19F3N2O2/c1-19(2)13(21)12(11-6-4-3-5-7-11)20-9-8-14(22,10-20)15(16,17)18/h3-7,12,22H,8-10H2,1-2H3. The van der Waals surface area contributed by atoms with E-state index in [9.17, 15) is 23.1 Å². The zero-order valence-electron chi connectivity index (χ0n) is 12.5. The second-order valence-electron chi connectivity index (χ2n) is 5.80. The summed E-state index contributed by atoms with van der Waals surface area (Å²) in [6, 6.07) is 7.83. The number of likely N-dealkylation sites (N-methyl/N-ethyl adjacent to an activating group) is 1. The number of nitrogens with zero attached hydrogens (tertiary/aromatic N) is 2. The maximum absolute atomic E-state index is 13.0. The van der Waals surface area contributed by atoms with Crippen molar-refractivity contribution in [3.8, 4) is 0 Å². The molecule has 1 aromatic carbocycles. The van der Waals surface area contributed by atoms with E-state index in [-0.39, 0.29) is 12.5 Å². The van der Waals surface area contributed by atoms with Crippen LogP contribution in [0.1, 0.15) is 18.0 Å². The van der Waals surface area contributed by atoms with E-state index in [2.05, 4.69) is 0 Å². The molecule has 7 heteroatoms. The number of aliphatic hydroxyl groups is 1. The lowest BCUT2D eigenvalue weighted by Crippen LogP contribution is -2.48. The van der Waals surface area contributed by atoms with Crippen LogP contribution in [0, 0.1) is 0 Å². The first-order chi connectivity index (χ1) is 10.2. The first-order valence-corrected chi connectivity index (χ1v) is 6.95. The topological polar surface area (TPSA) is 43.8 Å². The van der Waals surface area contributed by atoms with Crippen LogP contribution < -0.4 is 0 Å². The molecule has 1 saturated heterocycles. The van der Waals surface area contributed by atoms with Crippen molar-refractivity contribution in [1.82, 2.24) is 9.80 Å². The van der Waals surface area contributed by atoms with Crippen molar-refractivity contribution in [2.75, 3.05) is 27.2 Å². The third-order valence-electron chi connectivity index (χ3n) is 3.96. The maximum Gasteiger partial charge on any atom is 0.418 e. The number of alkyl halides is 3. The zero-order chi connectivity index (χ0) is 16.5. The Morgan fingerprint density at radius 1 is 1.32 bits per heavy atom. The summed E-state index contributed by atoms with van der Waals surface area (Å²) in [4.78, 5) is 15.2. The van der Waals surface area contributed by atoms with Crippen molar-refractivity contribution in [1.29, 1.82) is 0 Å². The molecule has 4 nitrogen and oxygen atoms in total. The van der Waals surface area contributed by atoms with Gasteiger partial charge in [-0.2, -0.15) is 13.2 Å². The molecular weight excluding hydrogens is 297 g/mol. The molecule has 1 fully saturated rings. The van der Waals surface area contributed by atoms with Gasteiger partial charge < -0.3 is 10.0 Å². The third-order valence-corrected chi connectivity index (χ3v) is 3.96. The molecule has 2 unspecified atom stereocenters. The Morgan fingerprint density at radius 2 is 1.91 bits per heavy atom. The highest BCUT2D eigenvalue weighted by atomic mass is 19.4. The van der Waals surface area contributed by atoms with E-state index in [1.807, 2.05) is 0 Å². The molecule has 0 radical (unpaired) electrons. The Bertz CT molecular complexity index is 533. The number of carbonyl (C=O) groups excluding carboxylic acids is 1. The van der Waals surface area contributed by atoms with Crippen molar-refractivity contribution in [3.63, 3.8) is 0 Å². The summed E-state index contributed by atoms with van der Waals surface area (Å²) in [5.74, 6) is -0.308. The molecule has 0 aliphatic carbocycles. The summed E-state index contributed by atoms with van der Waals surface area (Å²) in [6.45, 7) is -0.592. The molecule has 22 heavy (non-hydrogen) atoms. The fourth-order valence-electron chi connectivity index (χ4n) is 2.66. The molecule has 0 bridgehead atoms. The molecule has 122 valence electrons. The minimum absolute atomic E-state index is 0.00908. The lowest BCUT2D eigenvalue weighted by atomic mass is 10.0. The summed E-state index contributed by atoms with van der Waals surface area (Å²) in [5, 5.41) is 9.82. The molecule has 2 atom stereocenters. The number of hydrogen-bond acceptors (Lipinski definition) is 3. The number of amides is 1. The van der Waals surface area contributed by atoms with E-state index in [1.165, 1.54) is 9.80 Å². The van der Waals surface area contributed by atoms with Crippen molar-refractivity contribution in [3.05, 3.63) is 35.9 Å². The van der Waals surface area contributed by atoms with Gasteiger partial charge in [0.2, 0.25) is 5.91 Å². The molecule has 1 aliphatic heterocycles. The monoisotopic (exact) mass is 316 g/mol. The van der Waals surface area contributed by atoms with E-state index < -0.39 is 30.8 Å². The van der Waals surface area contributed by atoms with Gasteiger partial charge in [-0.25, -0.2) is 0 Å². The largest absolute Gasteiger partial charge is 0.418 e. The molecule has 1 aromatic rings. The number of β-amino-alcohol motifs (C(OH)–C–C–N with tert-alkyl or cyclic N) is 1. The number of benzene rings is 1. The van der Waals surface area contributed by atoms with Gasteiger partial charge in [0.05, 0.1) is 0 Å². The highest BCUT2D eigenvalue weighted by Crippen LogP contribution is 2.40. The van der Waals surface area contributed by atoms with Crippen molar-refractivity contribution in [2.24, 2.45) is 0 Å². The van der Waals surface area contributed by atoms with Crippen LogP contribution in [0.5, 0.6) is 0 Å². The van der Waals surface area contributed by atoms with Crippen LogP contribution in [-0.2, 0) is 4.79 Å². The molecular formula is C15H19F3N2O2. The highest BCUT2D eigenvalue weighted by Gasteiger charge is 2.58. The highest BCUT2D eigenvalue weighted by molar-refractivity contribution is 5.83. The lowest BCUT2D eigenvalue weighted by Gasteiger charge is -2.31. The lowest BCUT2D eigenvalue weighted by molar-refractivity contribution is -0.254. The first-order valence-electron chi connectivity index (χ1n) is 6.95. The minimum Gasteiger partial charge on any atom is -0.379 e. The van der Waals surface area contributed by atoms with Crippen LogP contribution in [0.4, 0.5) is 13.2 Å². The number of hydrogen-bond donors (Lipinski definition) is 1. The molecule has 1 heterocycles. The van der Waals surface area contributed by atoms with E-state index in [1.54, 1.807) is 44.4 Å². The summed E-state index contributed by atoms with van der Waals surface area (Å²) >= 11 is 0. The van der Waals surface area contributed by atoms with Gasteiger partial charge in [-0.3, -0.25) is 9.69 Å². The molecule has 0 saturated carbocycles. The van der Waals surface area contributed by atoms with Crippen molar-refractivity contribution in [2.45, 2.75) is 24.2 Å². The average Bonchev–Trinajstić information content (AvgIpc) is 2.83. The van der Waals surface area contributed by atoms with Crippen LogP contribution in [-0.4, -0.2) is 59.8 Å². The van der Waals surface area contributed by atoms with Gasteiger partial charge in [0, 0.05) is 27.2 Å². The number of likely N-dealkylation sites (tertiary alicyclic amines) is 1. The average molecular weight is 316 g/mol. The second kappa shape index (κ2) is 5.89. The van der Waals surface area contributed by atoms with Crippen LogP contribution in [0.3, 0.4) is 0 Å². The van der Waals surface area contributed by atoms with Crippen LogP contribution in [0.15, 0.2) is 30.3 Å². The van der Waals surface area contributed by atoms with Gasteiger partial charge in [0.15, 0.2) is 5.60 Å². The smallest absolute Gasteiger partial charge is 0.379 e. The molecule has 1 N–H and O–H groups in total. The SMILES string of the molecule is CN(C)C(=O)C(c1ccccc1)N1CCC(O)(C(F)(F)F)C1. The minimum atomic E-state index is -4.70. The normalized spacial score (nSPS) is 24.3. The van der Waals surface area contributed by atoms with Crippen LogP contribution in [0.2, 0.25) is 0 Å². The van der Waals surface area contributed by atoms with Crippen molar-refractivity contribution >= 4 is 5.91 Å². The van der Waals surface area contributed by atoms with Gasteiger partial charge in [-0.05, 0) is 12.0 Å². The second-order valence-corrected chi connectivity index (χ2v) is 5.80. The zero-order valence-corrected chi connectivity index (χ0v) is 12.5. The van der Waals surface area contributed by atoms with E-state index in [0.29, 0.717) is 5.56 Å². The van der Waals surface area contributed by atoms with Gasteiger partial charge >= 0.3 is 6.18 Å². The number of halogens is 3. The third kappa shape index (κ3) is 3.10. The van der Waals surface area contributed by atoms with E-state index >= 15 is 0 Å². The fourth-order valence-corrected chi connectivity index (χ4v) is 2.66. The summed E-state index contributed by atoms with van der Waals surface area (Å²) in [6.07, 6.45) is -5.13. The molecule has 0 aromatic heterocycles. The van der Waals surface area contributed by atoms with Gasteiger partial charge in [0.25, 0.3) is 0 Å². The Balaban J connectivity index is 2.31. The first kappa shape index (κ1) is 16.8. The molecule has 1 amide bonds. The Labute approximate surface area is 127 Å². The van der Waals surface area contributed by atoms with Gasteiger partial charge in [-0.1, -0.05) is 30.3 Å². The number of rotatable bonds is 3. The van der Waals surface area contributed by atoms with Crippen molar-refractivity contribution < 1.29 is 23.1 Å². The Morgan fingerprint density at radius 3 is 2.36 bits per heavy atom. The molecule has 0 spiro atoms. The molecule has 2 rings (SSSR count). The van der Waals surface area contributed by atoms with E-state index in [0.717, 1.165) is 0 Å². The predicted octanol–water partition coefficient (Wildman–Crippen LogP) is 1.81. The Hall–Kier alpha value is -1.60.